The maximum atomic E-state index is 12.0. The van der Waals surface area contributed by atoms with Crippen LogP contribution in [-0.2, 0) is 9.59 Å². The lowest BCUT2D eigenvalue weighted by atomic mass is 10.1. The molecule has 2 N–H and O–H groups in total. The van der Waals surface area contributed by atoms with E-state index >= 15 is 0 Å². The highest BCUT2D eigenvalue weighted by molar-refractivity contribution is 5.81. The lowest BCUT2D eigenvalue weighted by Gasteiger charge is -2.29. The predicted molar refractivity (Wildman–Crippen MR) is 69.4 cm³/mol. The van der Waals surface area contributed by atoms with Crippen molar-refractivity contribution in [3.8, 4) is 0 Å². The Morgan fingerprint density at radius 2 is 1.89 bits per heavy atom. The van der Waals surface area contributed by atoms with Gasteiger partial charge in [-0.05, 0) is 45.6 Å². The molecule has 5 heteroatoms. The number of carbonyl (C=O) groups is 2. The van der Waals surface area contributed by atoms with Crippen molar-refractivity contribution in [3.05, 3.63) is 0 Å². The van der Waals surface area contributed by atoms with Crippen molar-refractivity contribution in [2.75, 3.05) is 19.6 Å². The molecule has 1 amide bonds. The highest BCUT2D eigenvalue weighted by atomic mass is 16.4. The number of nitrogens with zero attached hydrogens (tertiary/aromatic N) is 1. The van der Waals surface area contributed by atoms with Crippen LogP contribution in [0, 0.1) is 0 Å². The fraction of sp³-hybridized carbons (Fsp3) is 0.846. The van der Waals surface area contributed by atoms with E-state index in [-0.39, 0.29) is 18.4 Å². The second-order valence-electron chi connectivity index (χ2n) is 4.91. The predicted octanol–water partition coefficient (Wildman–Crippen LogP) is 1.23. The second-order valence-corrected chi connectivity index (χ2v) is 4.91. The van der Waals surface area contributed by atoms with Gasteiger partial charge in [-0.15, -0.1) is 0 Å². The van der Waals surface area contributed by atoms with Crippen LogP contribution in [0.4, 0.5) is 0 Å². The van der Waals surface area contributed by atoms with Crippen LogP contribution in [-0.4, -0.2) is 47.6 Å². The third kappa shape index (κ3) is 5.49. The van der Waals surface area contributed by atoms with Crippen LogP contribution in [0.25, 0.3) is 0 Å². The van der Waals surface area contributed by atoms with Crippen molar-refractivity contribution in [3.63, 3.8) is 0 Å². The molecular weight excluding hydrogens is 232 g/mol. The molecule has 0 radical (unpaired) electrons. The number of likely N-dealkylation sites (tertiary alicyclic amines) is 1. The zero-order valence-corrected chi connectivity index (χ0v) is 11.2. The summed E-state index contributed by atoms with van der Waals surface area (Å²) in [4.78, 5) is 24.3. The maximum absolute atomic E-state index is 12.0. The molecule has 5 nitrogen and oxygen atoms in total. The largest absolute Gasteiger partial charge is 0.481 e. The molecule has 0 aromatic carbocycles. The molecule has 18 heavy (non-hydrogen) atoms. The first kappa shape index (κ1) is 15.0. The fourth-order valence-corrected chi connectivity index (χ4v) is 2.20. The van der Waals surface area contributed by atoms with Crippen molar-refractivity contribution in [2.24, 2.45) is 0 Å². The number of hydrogen-bond acceptors (Lipinski definition) is 3. The Labute approximate surface area is 109 Å². The van der Waals surface area contributed by atoms with E-state index in [9.17, 15) is 9.59 Å². The smallest absolute Gasteiger partial charge is 0.303 e. The normalized spacial score (nSPS) is 17.5. The van der Waals surface area contributed by atoms with E-state index in [4.69, 9.17) is 5.11 Å². The molecule has 1 atom stereocenters. The number of amides is 1. The van der Waals surface area contributed by atoms with Gasteiger partial charge in [-0.25, -0.2) is 0 Å². The van der Waals surface area contributed by atoms with E-state index in [2.05, 4.69) is 5.32 Å². The molecule has 0 aromatic rings. The molecule has 1 aliphatic rings. The van der Waals surface area contributed by atoms with Gasteiger partial charge in [0, 0.05) is 19.5 Å². The van der Waals surface area contributed by atoms with Crippen LogP contribution in [0.15, 0.2) is 0 Å². The highest BCUT2D eigenvalue weighted by Gasteiger charge is 2.21. The summed E-state index contributed by atoms with van der Waals surface area (Å²) in [6.45, 7) is 4.34. The molecule has 1 heterocycles. The summed E-state index contributed by atoms with van der Waals surface area (Å²) in [6, 6.07) is -0.159. The molecule has 0 spiro atoms. The molecule has 1 aliphatic heterocycles. The number of aliphatic carboxylic acids is 1. The quantitative estimate of drug-likeness (QED) is 0.672. The Morgan fingerprint density at radius 1 is 1.22 bits per heavy atom. The first-order chi connectivity index (χ1) is 8.61. The van der Waals surface area contributed by atoms with Crippen molar-refractivity contribution in [1.29, 1.82) is 0 Å². The molecule has 0 aliphatic carbocycles. The minimum Gasteiger partial charge on any atom is -0.481 e. The highest BCUT2D eigenvalue weighted by Crippen LogP contribution is 2.09. The van der Waals surface area contributed by atoms with Gasteiger partial charge in [0.25, 0.3) is 0 Å². The van der Waals surface area contributed by atoms with E-state index in [1.807, 2.05) is 11.8 Å². The minimum atomic E-state index is -0.757. The monoisotopic (exact) mass is 256 g/mol. The van der Waals surface area contributed by atoms with Gasteiger partial charge in [-0.1, -0.05) is 0 Å². The van der Waals surface area contributed by atoms with Crippen molar-refractivity contribution in [2.45, 2.75) is 51.5 Å². The number of rotatable bonds is 7. The maximum Gasteiger partial charge on any atom is 0.303 e. The average molecular weight is 256 g/mol. The van der Waals surface area contributed by atoms with Crippen LogP contribution in [0.2, 0.25) is 0 Å². The van der Waals surface area contributed by atoms with Gasteiger partial charge in [0.15, 0.2) is 0 Å². The Bertz CT molecular complexity index is 275. The number of carbonyl (C=O) groups excluding carboxylic acids is 1. The summed E-state index contributed by atoms with van der Waals surface area (Å²) >= 11 is 0. The zero-order valence-electron chi connectivity index (χ0n) is 11.2. The average Bonchev–Trinajstić information content (AvgIpc) is 2.38. The first-order valence-electron chi connectivity index (χ1n) is 6.85. The zero-order chi connectivity index (χ0) is 13.4. The third-order valence-corrected chi connectivity index (χ3v) is 3.31. The minimum absolute atomic E-state index is 0.159. The summed E-state index contributed by atoms with van der Waals surface area (Å²) in [5, 5.41) is 11.7. The first-order valence-corrected chi connectivity index (χ1v) is 6.85. The van der Waals surface area contributed by atoms with Crippen LogP contribution < -0.4 is 5.32 Å². The van der Waals surface area contributed by atoms with E-state index in [1.165, 1.54) is 6.42 Å². The van der Waals surface area contributed by atoms with Crippen molar-refractivity contribution >= 4 is 11.9 Å². The van der Waals surface area contributed by atoms with Gasteiger partial charge >= 0.3 is 5.97 Å². The van der Waals surface area contributed by atoms with Gasteiger partial charge in [-0.3, -0.25) is 9.59 Å². The van der Waals surface area contributed by atoms with Crippen LogP contribution >= 0.6 is 0 Å². The molecule has 0 aromatic heterocycles. The number of carboxylic acids is 1. The molecule has 1 unspecified atom stereocenters. The van der Waals surface area contributed by atoms with Crippen LogP contribution in [0.3, 0.4) is 0 Å². The number of nitrogens with one attached hydrogen (secondary N) is 1. The van der Waals surface area contributed by atoms with Gasteiger partial charge in [-0.2, -0.15) is 0 Å². The van der Waals surface area contributed by atoms with Gasteiger partial charge in [0.05, 0.1) is 6.04 Å². The Kier molecular flexibility index (Phi) is 6.72. The summed E-state index contributed by atoms with van der Waals surface area (Å²) in [5.41, 5.74) is 0. The van der Waals surface area contributed by atoms with Crippen LogP contribution in [0.1, 0.15) is 45.4 Å². The van der Waals surface area contributed by atoms with Crippen molar-refractivity contribution in [1.82, 2.24) is 10.2 Å². The van der Waals surface area contributed by atoms with E-state index in [0.717, 1.165) is 32.4 Å². The molecule has 1 saturated heterocycles. The molecular formula is C13H24N2O3. The Hall–Kier alpha value is -1.10. The van der Waals surface area contributed by atoms with E-state index in [0.29, 0.717) is 13.0 Å². The van der Waals surface area contributed by atoms with Gasteiger partial charge in [0.2, 0.25) is 5.91 Å². The summed E-state index contributed by atoms with van der Waals surface area (Å²) in [5.74, 6) is -0.583. The SMILES string of the molecule is CC(NCCCCC(=O)O)C(=O)N1CCCCC1. The molecule has 104 valence electrons. The number of piperidine rings is 1. The van der Waals surface area contributed by atoms with E-state index in [1.54, 1.807) is 0 Å². The second kappa shape index (κ2) is 8.08. The van der Waals surface area contributed by atoms with E-state index < -0.39 is 5.97 Å². The molecule has 1 fully saturated rings. The number of carboxylic acid groups (broad SMARTS) is 1. The number of hydrogen-bond donors (Lipinski definition) is 2. The number of unbranched alkanes of at least 4 members (excludes halogenated alkanes) is 1. The summed E-state index contributed by atoms with van der Waals surface area (Å²) in [7, 11) is 0. The fourth-order valence-electron chi connectivity index (χ4n) is 2.20. The van der Waals surface area contributed by atoms with Gasteiger partial charge < -0.3 is 15.3 Å². The van der Waals surface area contributed by atoms with Gasteiger partial charge in [0.1, 0.15) is 0 Å². The summed E-state index contributed by atoms with van der Waals surface area (Å²) < 4.78 is 0. The topological polar surface area (TPSA) is 69.6 Å². The Morgan fingerprint density at radius 3 is 2.50 bits per heavy atom. The molecule has 0 bridgehead atoms. The molecule has 0 saturated carbocycles. The Balaban J connectivity index is 2.13. The molecule has 1 rings (SSSR count). The lowest BCUT2D eigenvalue weighted by molar-refractivity contribution is -0.137. The lowest BCUT2D eigenvalue weighted by Crippen LogP contribution is -2.47. The van der Waals surface area contributed by atoms with Crippen LogP contribution in [0.5, 0.6) is 0 Å². The summed E-state index contributed by atoms with van der Waals surface area (Å²) in [6.07, 6.45) is 5.10. The third-order valence-electron chi connectivity index (χ3n) is 3.31. The van der Waals surface area contributed by atoms with Crippen molar-refractivity contribution < 1.29 is 14.7 Å². The standard InChI is InChI=1S/C13H24N2O3/c1-11(14-8-4-3-7-12(16)17)13(18)15-9-5-2-6-10-15/h11,14H,2-10H2,1H3,(H,16,17).